The standard InChI is InChI=1S/C18H16BrN3O4/c1-3-22-15-6-4-12(9-14(15)20-21-22)18(24)26-10-16(23)11-5-7-17(25-2)13(19)8-11/h4-9H,3,10H2,1-2H3. The molecule has 0 N–H and O–H groups in total. The molecule has 0 bridgehead atoms. The van der Waals surface area contributed by atoms with Gasteiger partial charge in [0, 0.05) is 12.1 Å². The number of hydrogen-bond acceptors (Lipinski definition) is 6. The smallest absolute Gasteiger partial charge is 0.338 e. The van der Waals surface area contributed by atoms with Crippen LogP contribution in [0.5, 0.6) is 5.75 Å². The van der Waals surface area contributed by atoms with Crippen LogP contribution in [0.2, 0.25) is 0 Å². The molecule has 0 aliphatic carbocycles. The number of carbonyl (C=O) groups excluding carboxylic acids is 2. The van der Waals surface area contributed by atoms with Crippen LogP contribution in [0.3, 0.4) is 0 Å². The molecule has 0 unspecified atom stereocenters. The van der Waals surface area contributed by atoms with E-state index in [9.17, 15) is 9.59 Å². The molecule has 0 fully saturated rings. The number of carbonyl (C=O) groups is 2. The van der Waals surface area contributed by atoms with E-state index >= 15 is 0 Å². The van der Waals surface area contributed by atoms with E-state index in [1.807, 2.05) is 6.92 Å². The molecule has 2 aromatic carbocycles. The first-order chi connectivity index (χ1) is 12.5. The van der Waals surface area contributed by atoms with E-state index < -0.39 is 5.97 Å². The monoisotopic (exact) mass is 417 g/mol. The van der Waals surface area contributed by atoms with Crippen molar-refractivity contribution in [1.29, 1.82) is 0 Å². The van der Waals surface area contributed by atoms with Crippen molar-refractivity contribution < 1.29 is 19.1 Å². The summed E-state index contributed by atoms with van der Waals surface area (Å²) in [6, 6.07) is 9.92. The molecule has 1 heterocycles. The number of halogens is 1. The Kier molecular flexibility index (Phi) is 5.32. The van der Waals surface area contributed by atoms with Crippen LogP contribution < -0.4 is 4.74 Å². The zero-order valence-electron chi connectivity index (χ0n) is 14.2. The number of ketones is 1. The minimum Gasteiger partial charge on any atom is -0.496 e. The van der Waals surface area contributed by atoms with Crippen molar-refractivity contribution in [3.63, 3.8) is 0 Å². The number of nitrogens with zero attached hydrogens (tertiary/aromatic N) is 3. The van der Waals surface area contributed by atoms with E-state index in [-0.39, 0.29) is 12.4 Å². The van der Waals surface area contributed by atoms with E-state index in [1.54, 1.807) is 48.2 Å². The number of hydrogen-bond donors (Lipinski definition) is 0. The second-order valence-electron chi connectivity index (χ2n) is 5.46. The summed E-state index contributed by atoms with van der Waals surface area (Å²) in [6.07, 6.45) is 0. The van der Waals surface area contributed by atoms with Crippen molar-refractivity contribution in [2.24, 2.45) is 0 Å². The number of rotatable bonds is 6. The molecule has 0 saturated carbocycles. The van der Waals surface area contributed by atoms with Crippen LogP contribution in [-0.2, 0) is 11.3 Å². The number of benzene rings is 2. The summed E-state index contributed by atoms with van der Waals surface area (Å²) in [4.78, 5) is 24.4. The topological polar surface area (TPSA) is 83.3 Å². The lowest BCUT2D eigenvalue weighted by molar-refractivity contribution is 0.0475. The Morgan fingerprint density at radius 2 is 1.92 bits per heavy atom. The Morgan fingerprint density at radius 3 is 2.62 bits per heavy atom. The maximum Gasteiger partial charge on any atom is 0.338 e. The zero-order chi connectivity index (χ0) is 18.7. The van der Waals surface area contributed by atoms with E-state index in [0.29, 0.717) is 33.4 Å². The summed E-state index contributed by atoms with van der Waals surface area (Å²) in [7, 11) is 1.54. The molecular formula is C18H16BrN3O4. The van der Waals surface area contributed by atoms with Crippen molar-refractivity contribution in [2.75, 3.05) is 13.7 Å². The number of methoxy groups -OCH3 is 1. The lowest BCUT2D eigenvalue weighted by Gasteiger charge is -2.07. The molecule has 0 aliphatic heterocycles. The van der Waals surface area contributed by atoms with Crippen molar-refractivity contribution >= 4 is 38.7 Å². The first-order valence-electron chi connectivity index (χ1n) is 7.90. The largest absolute Gasteiger partial charge is 0.496 e. The van der Waals surface area contributed by atoms with Gasteiger partial charge >= 0.3 is 5.97 Å². The SMILES string of the molecule is CCn1nnc2cc(C(=O)OCC(=O)c3ccc(OC)c(Br)c3)ccc21. The summed E-state index contributed by atoms with van der Waals surface area (Å²) >= 11 is 3.32. The maximum atomic E-state index is 12.2. The van der Waals surface area contributed by atoms with Crippen LogP contribution in [0.25, 0.3) is 11.0 Å². The lowest BCUT2D eigenvalue weighted by atomic mass is 10.1. The molecule has 1 aromatic heterocycles. The first kappa shape index (κ1) is 18.1. The Bertz CT molecular complexity index is 984. The van der Waals surface area contributed by atoms with Gasteiger partial charge in [0.1, 0.15) is 11.3 Å². The number of ether oxygens (including phenoxy) is 2. The number of aryl methyl sites for hydroxylation is 1. The number of esters is 1. The predicted octanol–water partition coefficient (Wildman–Crippen LogP) is 3.26. The summed E-state index contributed by atoms with van der Waals surface area (Å²) in [5, 5.41) is 8.02. The van der Waals surface area contributed by atoms with Gasteiger partial charge in [-0.1, -0.05) is 5.21 Å². The van der Waals surface area contributed by atoms with Gasteiger partial charge in [0.15, 0.2) is 12.4 Å². The third-order valence-corrected chi connectivity index (χ3v) is 4.48. The van der Waals surface area contributed by atoms with Gasteiger partial charge in [0.2, 0.25) is 0 Å². The molecular weight excluding hydrogens is 402 g/mol. The molecule has 26 heavy (non-hydrogen) atoms. The van der Waals surface area contributed by atoms with Crippen LogP contribution >= 0.6 is 15.9 Å². The predicted molar refractivity (Wildman–Crippen MR) is 98.5 cm³/mol. The van der Waals surface area contributed by atoms with Crippen LogP contribution in [0.15, 0.2) is 40.9 Å². The third-order valence-electron chi connectivity index (χ3n) is 3.86. The van der Waals surface area contributed by atoms with Gasteiger partial charge in [0.05, 0.1) is 22.7 Å². The Balaban J connectivity index is 1.68. The molecule has 3 rings (SSSR count). The van der Waals surface area contributed by atoms with Crippen LogP contribution in [0.4, 0.5) is 0 Å². The van der Waals surface area contributed by atoms with Crippen LogP contribution in [0.1, 0.15) is 27.6 Å². The molecule has 0 atom stereocenters. The summed E-state index contributed by atoms with van der Waals surface area (Å²) in [5.41, 5.74) is 2.19. The molecule has 3 aromatic rings. The van der Waals surface area contributed by atoms with E-state index in [0.717, 1.165) is 5.52 Å². The number of Topliss-reactive ketones (excluding diaryl/α,β-unsaturated/α-hetero) is 1. The Hall–Kier alpha value is -2.74. The Morgan fingerprint density at radius 1 is 1.15 bits per heavy atom. The first-order valence-corrected chi connectivity index (χ1v) is 8.70. The fraction of sp³-hybridized carbons (Fsp3) is 0.222. The fourth-order valence-corrected chi connectivity index (χ4v) is 3.01. The second-order valence-corrected chi connectivity index (χ2v) is 6.31. The normalized spacial score (nSPS) is 10.7. The van der Waals surface area contributed by atoms with Crippen LogP contribution in [-0.4, -0.2) is 40.5 Å². The molecule has 8 heteroatoms. The van der Waals surface area contributed by atoms with Crippen molar-refractivity contribution in [3.05, 3.63) is 52.0 Å². The molecule has 7 nitrogen and oxygen atoms in total. The van der Waals surface area contributed by atoms with Gasteiger partial charge in [-0.05, 0) is 59.3 Å². The van der Waals surface area contributed by atoms with E-state index in [2.05, 4.69) is 26.2 Å². The highest BCUT2D eigenvalue weighted by Gasteiger charge is 2.15. The lowest BCUT2D eigenvalue weighted by Crippen LogP contribution is -2.14. The highest BCUT2D eigenvalue weighted by atomic mass is 79.9. The molecule has 0 saturated heterocycles. The Labute approximate surface area is 158 Å². The molecule has 0 aliphatic rings. The highest BCUT2D eigenvalue weighted by molar-refractivity contribution is 9.10. The molecule has 0 spiro atoms. The molecule has 134 valence electrons. The van der Waals surface area contributed by atoms with Crippen molar-refractivity contribution in [2.45, 2.75) is 13.5 Å². The number of fused-ring (bicyclic) bond motifs is 1. The average molecular weight is 418 g/mol. The minimum atomic E-state index is -0.584. The molecule has 0 radical (unpaired) electrons. The van der Waals surface area contributed by atoms with Crippen LogP contribution in [0, 0.1) is 0 Å². The summed E-state index contributed by atoms with van der Waals surface area (Å²) in [5.74, 6) is -0.273. The fourth-order valence-electron chi connectivity index (χ4n) is 2.47. The number of aromatic nitrogens is 3. The summed E-state index contributed by atoms with van der Waals surface area (Å²) < 4.78 is 12.6. The van der Waals surface area contributed by atoms with Gasteiger partial charge in [-0.2, -0.15) is 0 Å². The highest BCUT2D eigenvalue weighted by Crippen LogP contribution is 2.25. The van der Waals surface area contributed by atoms with Gasteiger partial charge in [-0.15, -0.1) is 5.10 Å². The van der Waals surface area contributed by atoms with Gasteiger partial charge in [0.25, 0.3) is 0 Å². The van der Waals surface area contributed by atoms with Crippen molar-refractivity contribution in [3.8, 4) is 5.75 Å². The van der Waals surface area contributed by atoms with Gasteiger partial charge in [-0.3, -0.25) is 4.79 Å². The third kappa shape index (κ3) is 3.60. The van der Waals surface area contributed by atoms with E-state index in [1.165, 1.54) is 0 Å². The molecule has 0 amide bonds. The summed E-state index contributed by atoms with van der Waals surface area (Å²) in [6.45, 7) is 2.29. The second kappa shape index (κ2) is 7.65. The average Bonchev–Trinajstić information content (AvgIpc) is 3.08. The minimum absolute atomic E-state index is 0.306. The van der Waals surface area contributed by atoms with Gasteiger partial charge in [-0.25, -0.2) is 9.48 Å². The van der Waals surface area contributed by atoms with Gasteiger partial charge < -0.3 is 9.47 Å². The maximum absolute atomic E-state index is 12.2. The van der Waals surface area contributed by atoms with E-state index in [4.69, 9.17) is 9.47 Å². The van der Waals surface area contributed by atoms with Crippen molar-refractivity contribution in [1.82, 2.24) is 15.0 Å². The quantitative estimate of drug-likeness (QED) is 0.452. The zero-order valence-corrected chi connectivity index (χ0v) is 15.8.